The molecule has 0 saturated carbocycles. The largest absolute Gasteiger partial charge is 0.508 e. The summed E-state index contributed by atoms with van der Waals surface area (Å²) in [4.78, 5) is 0. The van der Waals surface area contributed by atoms with Crippen LogP contribution in [0, 0.1) is 23.6 Å². The molecular weight excluding hydrogens is 241 g/mol. The van der Waals surface area contributed by atoms with Crippen molar-refractivity contribution in [3.63, 3.8) is 0 Å². The van der Waals surface area contributed by atoms with Crippen molar-refractivity contribution in [1.29, 1.82) is 0 Å². The maximum absolute atomic E-state index is 13.0. The summed E-state index contributed by atoms with van der Waals surface area (Å²) in [6, 6.07) is 4.20. The fraction of sp³-hybridized carbons (Fsp3) is 0.625. The lowest BCUT2D eigenvalue weighted by molar-refractivity contribution is 0.267. The molecule has 2 N–H and O–H groups in total. The smallest absolute Gasteiger partial charge is 0.126 e. The molecule has 1 rings (SSSR count). The molecule has 0 fully saturated rings. The van der Waals surface area contributed by atoms with Crippen molar-refractivity contribution in [2.45, 2.75) is 40.7 Å². The minimum atomic E-state index is -0.407. The fourth-order valence-corrected chi connectivity index (χ4v) is 2.55. The van der Waals surface area contributed by atoms with Crippen LogP contribution in [0.25, 0.3) is 0 Å². The van der Waals surface area contributed by atoms with Gasteiger partial charge in [0.1, 0.15) is 11.6 Å². The van der Waals surface area contributed by atoms with Gasteiger partial charge in [-0.2, -0.15) is 0 Å². The minimum Gasteiger partial charge on any atom is -0.508 e. The van der Waals surface area contributed by atoms with Crippen LogP contribution in [0.15, 0.2) is 18.2 Å². The van der Waals surface area contributed by atoms with Gasteiger partial charge in [0.05, 0.1) is 0 Å². The first-order valence-electron chi connectivity index (χ1n) is 7.04. The number of nitrogens with one attached hydrogen (secondary N) is 1. The van der Waals surface area contributed by atoms with Gasteiger partial charge in [0.2, 0.25) is 0 Å². The topological polar surface area (TPSA) is 32.3 Å². The van der Waals surface area contributed by atoms with Crippen LogP contribution < -0.4 is 5.32 Å². The maximum Gasteiger partial charge on any atom is 0.126 e. The predicted octanol–water partition coefficient (Wildman–Crippen LogP) is 4.11. The molecule has 3 heteroatoms. The Hall–Kier alpha value is -1.09. The third-order valence-electron chi connectivity index (χ3n) is 3.83. The van der Waals surface area contributed by atoms with E-state index in [2.05, 4.69) is 33.0 Å². The summed E-state index contributed by atoms with van der Waals surface area (Å²) in [5.41, 5.74) is 0.743. The zero-order valence-corrected chi connectivity index (χ0v) is 12.6. The average molecular weight is 267 g/mol. The number of rotatable bonds is 6. The Balaban J connectivity index is 2.66. The molecule has 0 saturated heterocycles. The number of hydrogen-bond donors (Lipinski definition) is 2. The summed E-state index contributed by atoms with van der Waals surface area (Å²) >= 11 is 0. The van der Waals surface area contributed by atoms with Crippen molar-refractivity contribution in [2.24, 2.45) is 17.8 Å². The van der Waals surface area contributed by atoms with Gasteiger partial charge in [0.15, 0.2) is 0 Å². The Kier molecular flexibility index (Phi) is 5.80. The third-order valence-corrected chi connectivity index (χ3v) is 3.83. The Morgan fingerprint density at radius 1 is 1.11 bits per heavy atom. The van der Waals surface area contributed by atoms with Gasteiger partial charge in [-0.1, -0.05) is 33.8 Å². The molecule has 1 unspecified atom stereocenters. The van der Waals surface area contributed by atoms with Crippen molar-refractivity contribution < 1.29 is 9.50 Å². The molecule has 0 aliphatic rings. The zero-order chi connectivity index (χ0) is 14.6. The Morgan fingerprint density at radius 2 is 1.68 bits per heavy atom. The lowest BCUT2D eigenvalue weighted by Crippen LogP contribution is -2.31. The Bertz CT molecular complexity index is 396. The molecule has 0 amide bonds. The molecule has 1 aromatic rings. The zero-order valence-electron chi connectivity index (χ0n) is 12.6. The molecule has 0 radical (unpaired) electrons. The molecule has 108 valence electrons. The first kappa shape index (κ1) is 16.0. The predicted molar refractivity (Wildman–Crippen MR) is 77.6 cm³/mol. The number of phenolic OH excluding ortho intramolecular Hbond substituents is 1. The van der Waals surface area contributed by atoms with E-state index in [1.54, 1.807) is 6.07 Å². The van der Waals surface area contributed by atoms with Gasteiger partial charge in [-0.3, -0.25) is 0 Å². The summed E-state index contributed by atoms with van der Waals surface area (Å²) in [5, 5.41) is 13.2. The SMILES string of the molecule is CC(NCC(C(C)C)C(C)C)c1ccc(F)cc1O. The normalized spacial score (nSPS) is 13.5. The lowest BCUT2D eigenvalue weighted by Gasteiger charge is -2.27. The van der Waals surface area contributed by atoms with Crippen molar-refractivity contribution in [3.05, 3.63) is 29.6 Å². The van der Waals surface area contributed by atoms with Gasteiger partial charge in [0.25, 0.3) is 0 Å². The van der Waals surface area contributed by atoms with Crippen LogP contribution in [0.3, 0.4) is 0 Å². The van der Waals surface area contributed by atoms with Crippen LogP contribution in [-0.4, -0.2) is 11.7 Å². The van der Waals surface area contributed by atoms with E-state index in [0.29, 0.717) is 17.8 Å². The third kappa shape index (κ3) is 4.50. The van der Waals surface area contributed by atoms with Crippen LogP contribution in [0.4, 0.5) is 4.39 Å². The molecule has 0 heterocycles. The highest BCUT2D eigenvalue weighted by Gasteiger charge is 2.19. The number of aromatic hydroxyl groups is 1. The molecule has 0 aliphatic heterocycles. The number of halogens is 1. The van der Waals surface area contributed by atoms with Gasteiger partial charge < -0.3 is 10.4 Å². The molecule has 0 aliphatic carbocycles. The van der Waals surface area contributed by atoms with Crippen LogP contribution in [-0.2, 0) is 0 Å². The monoisotopic (exact) mass is 267 g/mol. The second kappa shape index (κ2) is 6.90. The summed E-state index contributed by atoms with van der Waals surface area (Å²) in [7, 11) is 0. The Labute approximate surface area is 116 Å². The van der Waals surface area contributed by atoms with E-state index in [-0.39, 0.29) is 11.8 Å². The maximum atomic E-state index is 13.0. The van der Waals surface area contributed by atoms with Gasteiger partial charge in [-0.05, 0) is 37.3 Å². The second-order valence-corrected chi connectivity index (χ2v) is 5.98. The summed E-state index contributed by atoms with van der Waals surface area (Å²) in [5.74, 6) is 1.43. The van der Waals surface area contributed by atoms with E-state index in [9.17, 15) is 9.50 Å². The lowest BCUT2D eigenvalue weighted by atomic mass is 9.85. The van der Waals surface area contributed by atoms with Crippen molar-refractivity contribution in [3.8, 4) is 5.75 Å². The van der Waals surface area contributed by atoms with Crippen molar-refractivity contribution >= 4 is 0 Å². The highest BCUT2D eigenvalue weighted by Crippen LogP contribution is 2.26. The standard InChI is InChI=1S/C16H26FNO/c1-10(2)15(11(3)4)9-18-12(5)14-7-6-13(17)8-16(14)19/h6-8,10-12,15,18-19H,9H2,1-5H3. The molecule has 0 bridgehead atoms. The summed E-state index contributed by atoms with van der Waals surface area (Å²) in [6.07, 6.45) is 0. The van der Waals surface area contributed by atoms with Gasteiger partial charge in [-0.25, -0.2) is 4.39 Å². The van der Waals surface area contributed by atoms with E-state index >= 15 is 0 Å². The van der Waals surface area contributed by atoms with Crippen LogP contribution in [0.2, 0.25) is 0 Å². The summed E-state index contributed by atoms with van der Waals surface area (Å²) in [6.45, 7) is 11.8. The van der Waals surface area contributed by atoms with Gasteiger partial charge in [0, 0.05) is 17.7 Å². The first-order valence-corrected chi connectivity index (χ1v) is 7.04. The molecule has 2 nitrogen and oxygen atoms in total. The minimum absolute atomic E-state index is 0.0144. The number of phenols is 1. The van der Waals surface area contributed by atoms with Crippen molar-refractivity contribution in [2.75, 3.05) is 6.54 Å². The quantitative estimate of drug-likeness (QED) is 0.813. The van der Waals surface area contributed by atoms with Gasteiger partial charge >= 0.3 is 0 Å². The van der Waals surface area contributed by atoms with E-state index in [1.165, 1.54) is 6.07 Å². The molecule has 1 aromatic carbocycles. The van der Waals surface area contributed by atoms with Crippen LogP contribution >= 0.6 is 0 Å². The van der Waals surface area contributed by atoms with E-state index in [0.717, 1.165) is 18.2 Å². The number of hydrogen-bond acceptors (Lipinski definition) is 2. The Morgan fingerprint density at radius 3 is 2.16 bits per heavy atom. The van der Waals surface area contributed by atoms with Crippen molar-refractivity contribution in [1.82, 2.24) is 5.32 Å². The highest BCUT2D eigenvalue weighted by molar-refractivity contribution is 5.34. The number of benzene rings is 1. The summed E-state index contributed by atoms with van der Waals surface area (Å²) < 4.78 is 13.0. The molecule has 0 spiro atoms. The average Bonchev–Trinajstić information content (AvgIpc) is 2.27. The fourth-order valence-electron chi connectivity index (χ4n) is 2.55. The van der Waals surface area contributed by atoms with E-state index in [1.807, 2.05) is 6.92 Å². The van der Waals surface area contributed by atoms with E-state index < -0.39 is 5.82 Å². The molecule has 19 heavy (non-hydrogen) atoms. The van der Waals surface area contributed by atoms with Crippen LogP contribution in [0.1, 0.15) is 46.2 Å². The van der Waals surface area contributed by atoms with Crippen LogP contribution in [0.5, 0.6) is 5.75 Å². The molecular formula is C16H26FNO. The molecule has 0 aromatic heterocycles. The second-order valence-electron chi connectivity index (χ2n) is 5.98. The van der Waals surface area contributed by atoms with E-state index in [4.69, 9.17) is 0 Å². The molecule has 1 atom stereocenters. The first-order chi connectivity index (χ1) is 8.82. The van der Waals surface area contributed by atoms with Gasteiger partial charge in [-0.15, -0.1) is 0 Å². The highest BCUT2D eigenvalue weighted by atomic mass is 19.1.